The van der Waals surface area contributed by atoms with E-state index >= 15 is 4.79 Å². The summed E-state index contributed by atoms with van der Waals surface area (Å²) in [5, 5.41) is 84.8. The van der Waals surface area contributed by atoms with E-state index in [2.05, 4.69) is 63.1 Å². The molecule has 0 aliphatic carbocycles. The summed E-state index contributed by atoms with van der Waals surface area (Å²) in [6, 6.07) is -4.53. The van der Waals surface area contributed by atoms with Crippen molar-refractivity contribution in [1.29, 1.82) is 0 Å². The minimum absolute atomic E-state index is 0.0147. The van der Waals surface area contributed by atoms with Gasteiger partial charge in [0, 0.05) is 63.6 Å². The van der Waals surface area contributed by atoms with Gasteiger partial charge in [-0.25, -0.2) is 9.78 Å². The van der Waals surface area contributed by atoms with E-state index in [-0.39, 0.29) is 113 Å². The Bertz CT molecular complexity index is 4350. The molecule has 4 heterocycles. The molecule has 41 nitrogen and oxygen atoms in total. The highest BCUT2D eigenvalue weighted by atomic mass is 32.2. The summed E-state index contributed by atoms with van der Waals surface area (Å²) in [4.78, 5) is 247. The number of aliphatic hydroxyl groups is 1. The Morgan fingerprint density at radius 2 is 0.876 bits per heavy atom. The van der Waals surface area contributed by atoms with Crippen LogP contribution in [0.3, 0.4) is 0 Å². The second kappa shape index (κ2) is 45.6. The molecule has 658 valence electrons. The molecule has 0 radical (unpaired) electrons. The lowest BCUT2D eigenvalue weighted by molar-refractivity contribution is -0.151. The number of hydrogen-bond acceptors (Lipinski definition) is 24. The van der Waals surface area contributed by atoms with Crippen LogP contribution >= 0.6 is 11.8 Å². The summed E-state index contributed by atoms with van der Waals surface area (Å²) in [5.74, 6) is -17.8. The molecule has 0 unspecified atom stereocenters. The zero-order valence-corrected chi connectivity index (χ0v) is 68.3. The normalized spacial score (nSPS) is 18.0. The number of aliphatic hydroxyl groups excluding tert-OH is 1. The van der Waals surface area contributed by atoms with Crippen molar-refractivity contribution in [2.75, 3.05) is 31.6 Å². The molecule has 23 N–H and O–H groups in total. The number of phenols is 3. The molecule has 0 bridgehead atoms. The Morgan fingerprint density at radius 1 is 0.471 bits per heavy atom. The summed E-state index contributed by atoms with van der Waals surface area (Å²) < 4.78 is 0. The SMILES string of the molecule is CSCC[C@H](NC(=O)[C@H](Cc1ccc(O)cc1)NC(=O)[C@@H](N)[C@@H](C)O)C(=O)N[C@@H](CCC(N)=O)C(=O)N[C@@H](Cc1ccc(O)cc1)C(=O)N[C@@H](CC(C)C)C(=O)N[C@@H](CC(N)=O)C(=O)N1CCC[C@H]1C(=O)N1CCC[C@H]1C(=O)N1CCC[C@H]1C(=O)N[C@@H](Cc1ccc(O)cc1)C(=O)N[C@@H](C)C(=O)N[C@@H](CC(=O)O)C(=O)N[C@@H](Cc1cnc[nH]1)C(=O)O. The number of benzene rings is 3. The van der Waals surface area contributed by atoms with Gasteiger partial charge in [0.1, 0.15) is 102 Å². The monoisotopic (exact) mass is 1710 g/mol. The number of aromatic amines is 1. The maximum Gasteiger partial charge on any atom is 0.326 e. The van der Waals surface area contributed by atoms with Crippen LogP contribution in [-0.4, -0.2) is 278 Å². The van der Waals surface area contributed by atoms with Gasteiger partial charge in [0.15, 0.2) is 0 Å². The predicted octanol–water partition coefficient (Wildman–Crippen LogP) is -4.15. The number of primary amides is 2. The number of likely N-dealkylation sites (tertiary alicyclic amines) is 3. The minimum Gasteiger partial charge on any atom is -0.508 e. The van der Waals surface area contributed by atoms with E-state index in [1.807, 2.05) is 0 Å². The van der Waals surface area contributed by atoms with Gasteiger partial charge < -0.3 is 121 Å². The number of carboxylic acids is 2. The first kappa shape index (κ1) is 95.7. The first-order valence-corrected chi connectivity index (χ1v) is 40.9. The van der Waals surface area contributed by atoms with Crippen molar-refractivity contribution >= 4 is 112 Å². The van der Waals surface area contributed by atoms with E-state index in [1.54, 1.807) is 20.1 Å². The van der Waals surface area contributed by atoms with Gasteiger partial charge in [0.05, 0.1) is 25.3 Å². The van der Waals surface area contributed by atoms with E-state index in [4.69, 9.17) is 17.2 Å². The molecule has 3 aliphatic rings. The van der Waals surface area contributed by atoms with Crippen LogP contribution < -0.4 is 70.4 Å². The van der Waals surface area contributed by atoms with Gasteiger partial charge in [-0.2, -0.15) is 11.8 Å². The van der Waals surface area contributed by atoms with Crippen LogP contribution in [0.25, 0.3) is 0 Å². The van der Waals surface area contributed by atoms with Crippen molar-refractivity contribution in [1.82, 2.24) is 77.8 Å². The number of nitrogens with zero attached hydrogens (tertiary/aromatic N) is 4. The predicted molar refractivity (Wildman–Crippen MR) is 431 cm³/mol. The van der Waals surface area contributed by atoms with Gasteiger partial charge in [-0.05, 0) is 143 Å². The van der Waals surface area contributed by atoms with Crippen LogP contribution in [0, 0.1) is 5.92 Å². The number of phenolic OH excluding ortho intramolecular Hbond substituents is 3. The number of carbonyl (C=O) groups excluding carboxylic acids is 15. The number of nitrogens with two attached hydrogens (primary N) is 3. The minimum atomic E-state index is -1.85. The van der Waals surface area contributed by atoms with E-state index in [0.29, 0.717) is 28.8 Å². The molecule has 15 atom stereocenters. The number of aliphatic carboxylic acids is 2. The quantitative estimate of drug-likeness (QED) is 0.0200. The molecule has 0 saturated carbocycles. The number of rotatable bonds is 45. The third-order valence-electron chi connectivity index (χ3n) is 20.6. The lowest BCUT2D eigenvalue weighted by Crippen LogP contribution is -2.61. The Kier molecular flexibility index (Phi) is 36.1. The van der Waals surface area contributed by atoms with Crippen LogP contribution in [0.15, 0.2) is 85.3 Å². The molecule has 3 fully saturated rings. The third kappa shape index (κ3) is 28.9. The highest BCUT2D eigenvalue weighted by Gasteiger charge is 2.48. The molecule has 4 aromatic rings. The standard InChI is InChI=1S/C79H108N18O23S/c1-40(2)31-52(89-72(112)54(33-44-14-20-48(100)21-15-44)90-67(107)50(24-25-62(80)102)86-68(108)51(26-30-121-5)87-71(111)55(92-75(115)65(82)42(4)98)34-45-16-22-49(101)23-17-45)70(110)93-57(36-63(81)103)76(116)96-28-7-10-60(96)78(118)97-29-8-11-61(97)77(117)95-27-6-9-59(95)74(114)91-53(32-43-12-18-47(99)19-13-43)69(109)85-41(3)66(106)88-56(37-64(104)105)73(113)94-58(79(119)120)35-46-38-83-39-84-46/h12-23,38-42,50-61,65,98-101H,6-11,24-37,82H2,1-5H3,(H2,80,102)(H2,81,103)(H,83,84)(H,85,109)(H,86,108)(H,87,111)(H,88,106)(H,89,112)(H,90,107)(H,91,114)(H,92,115)(H,93,110)(H,94,113)(H,104,105)(H,119,120)/t41-,42+,50-,51-,52-,53-,54-,55-,56-,57-,58-,59-,60-,61-,65-/m0/s1. The number of carboxylic acid groups (broad SMARTS) is 2. The fraction of sp³-hybridized carbons (Fsp3) is 0.519. The molecule has 121 heavy (non-hydrogen) atoms. The molecule has 1 aromatic heterocycles. The molecule has 3 saturated heterocycles. The number of amides is 15. The van der Waals surface area contributed by atoms with Gasteiger partial charge >= 0.3 is 11.9 Å². The lowest BCUT2D eigenvalue weighted by Gasteiger charge is -2.35. The number of carbonyl (C=O) groups is 17. The van der Waals surface area contributed by atoms with Gasteiger partial charge in [0.25, 0.3) is 0 Å². The fourth-order valence-electron chi connectivity index (χ4n) is 14.1. The lowest BCUT2D eigenvalue weighted by atomic mass is 10.00. The van der Waals surface area contributed by atoms with E-state index < -0.39 is 223 Å². The average molecular weight is 1710 g/mol. The number of hydrogen-bond donors (Lipinski definition) is 20. The molecule has 3 aromatic carbocycles. The number of H-pyrrole nitrogens is 1. The maximum atomic E-state index is 15.0. The molecule has 7 rings (SSSR count). The van der Waals surface area contributed by atoms with Gasteiger partial charge in [-0.3, -0.25) is 76.7 Å². The average Bonchev–Trinajstić information content (AvgIpc) is 1.65. The topological polar surface area (TPSA) is 648 Å². The van der Waals surface area contributed by atoms with Crippen molar-refractivity contribution in [3.63, 3.8) is 0 Å². The Morgan fingerprint density at radius 3 is 1.34 bits per heavy atom. The number of nitrogens with one attached hydrogen (secondary N) is 11. The molecule has 15 amide bonds. The van der Waals surface area contributed by atoms with Crippen molar-refractivity contribution < 1.29 is 112 Å². The van der Waals surface area contributed by atoms with E-state index in [1.165, 1.54) is 121 Å². The van der Waals surface area contributed by atoms with Crippen LogP contribution in [0.1, 0.15) is 127 Å². The van der Waals surface area contributed by atoms with E-state index in [9.17, 15) is 107 Å². The maximum absolute atomic E-state index is 15.0. The largest absolute Gasteiger partial charge is 0.508 e. The number of imidazole rings is 1. The Hall–Kier alpha value is -12.5. The second-order valence-corrected chi connectivity index (χ2v) is 31.5. The smallest absolute Gasteiger partial charge is 0.326 e. The summed E-state index contributed by atoms with van der Waals surface area (Å²) >= 11 is 1.29. The van der Waals surface area contributed by atoms with E-state index in [0.717, 1.165) is 4.90 Å². The number of thioether (sulfide) groups is 1. The van der Waals surface area contributed by atoms with Crippen molar-refractivity contribution in [3.05, 3.63) is 108 Å². The van der Waals surface area contributed by atoms with Crippen molar-refractivity contribution in [3.8, 4) is 17.2 Å². The summed E-state index contributed by atoms with van der Waals surface area (Å²) in [7, 11) is 0. The van der Waals surface area contributed by atoms with Crippen LogP contribution in [0.4, 0.5) is 0 Å². The highest BCUT2D eigenvalue weighted by Crippen LogP contribution is 2.30. The van der Waals surface area contributed by atoms with Crippen LogP contribution in [0.5, 0.6) is 17.2 Å². The first-order valence-electron chi connectivity index (χ1n) is 39.5. The van der Waals surface area contributed by atoms with Gasteiger partial charge in [-0.1, -0.05) is 50.2 Å². The molecule has 42 heteroatoms. The summed E-state index contributed by atoms with van der Waals surface area (Å²) in [6.45, 7) is 5.79. The molecular formula is C79H108N18O23S. The Balaban J connectivity index is 1.05. The fourth-order valence-corrected chi connectivity index (χ4v) is 14.6. The number of aromatic nitrogens is 2. The summed E-state index contributed by atoms with van der Waals surface area (Å²) in [6.07, 6.45) is -0.125. The molecule has 0 spiro atoms. The van der Waals surface area contributed by atoms with Crippen molar-refractivity contribution in [2.45, 2.75) is 221 Å². The van der Waals surface area contributed by atoms with Crippen molar-refractivity contribution in [2.24, 2.45) is 23.1 Å². The second-order valence-electron chi connectivity index (χ2n) is 30.5. The first-order chi connectivity index (χ1) is 57.3. The zero-order chi connectivity index (χ0) is 89.1. The third-order valence-corrected chi connectivity index (χ3v) is 21.2. The van der Waals surface area contributed by atoms with Gasteiger partial charge in [-0.15, -0.1) is 0 Å². The van der Waals surface area contributed by atoms with Gasteiger partial charge in [0.2, 0.25) is 88.6 Å². The zero-order valence-electron chi connectivity index (χ0n) is 67.5. The Labute approximate surface area is 700 Å². The van der Waals surface area contributed by atoms with Crippen LogP contribution in [-0.2, 0) is 107 Å². The summed E-state index contributed by atoms with van der Waals surface area (Å²) in [5.41, 5.74) is 18.7. The van der Waals surface area contributed by atoms with Crippen LogP contribution in [0.2, 0.25) is 0 Å². The molecular weight excluding hydrogens is 1600 g/mol. The molecule has 3 aliphatic heterocycles. The highest BCUT2D eigenvalue weighted by molar-refractivity contribution is 7.98. The number of aromatic hydroxyl groups is 3.